The van der Waals surface area contributed by atoms with Crippen molar-refractivity contribution in [2.24, 2.45) is 0 Å². The van der Waals surface area contributed by atoms with Crippen molar-refractivity contribution in [2.45, 2.75) is 89.7 Å². The highest BCUT2D eigenvalue weighted by molar-refractivity contribution is 5.77. The monoisotopic (exact) mass is 571 g/mol. The molecule has 0 aliphatic carbocycles. The van der Waals surface area contributed by atoms with Crippen LogP contribution in [0.4, 0.5) is 10.2 Å². The van der Waals surface area contributed by atoms with E-state index in [1.54, 1.807) is 13.2 Å². The number of hydrogen-bond acceptors (Lipinski definition) is 7. The zero-order chi connectivity index (χ0) is 29.6. The number of carbonyl (C=O) groups is 1. The average molecular weight is 572 g/mol. The Kier molecular flexibility index (Phi) is 10.5. The number of nitrogens with one attached hydrogen (secondary N) is 1. The van der Waals surface area contributed by atoms with Crippen LogP contribution in [0.25, 0.3) is 0 Å². The summed E-state index contributed by atoms with van der Waals surface area (Å²) < 4.78 is 32.2. The van der Waals surface area contributed by atoms with Gasteiger partial charge in [0.05, 0.1) is 20.3 Å². The van der Waals surface area contributed by atoms with E-state index in [1.807, 2.05) is 25.7 Å². The lowest BCUT2D eigenvalue weighted by Crippen LogP contribution is -2.34. The maximum Gasteiger partial charge on any atom is 0.325 e. The normalized spacial score (nSPS) is 18.0. The van der Waals surface area contributed by atoms with Crippen LogP contribution < -0.4 is 14.8 Å². The number of carboxylic acids is 1. The first kappa shape index (κ1) is 31.0. The highest BCUT2D eigenvalue weighted by Crippen LogP contribution is 2.39. The van der Waals surface area contributed by atoms with E-state index < -0.39 is 17.8 Å². The maximum atomic E-state index is 15.1. The first-order valence-corrected chi connectivity index (χ1v) is 15.0. The maximum absolute atomic E-state index is 15.1. The summed E-state index contributed by atoms with van der Waals surface area (Å²) in [6, 6.07) is 4.34. The minimum atomic E-state index is -1.02. The number of aliphatic carboxylic acids is 1. The number of benzene rings is 1. The fourth-order valence-electron chi connectivity index (χ4n) is 5.84. The highest BCUT2D eigenvalue weighted by atomic mass is 19.1. The van der Waals surface area contributed by atoms with Crippen LogP contribution in [0.2, 0.25) is 0 Å². The third-order valence-corrected chi connectivity index (χ3v) is 8.70. The quantitative estimate of drug-likeness (QED) is 0.270. The average Bonchev–Trinajstić information content (AvgIpc) is 3.42. The molecule has 0 bridgehead atoms. The number of halogens is 1. The summed E-state index contributed by atoms with van der Waals surface area (Å²) in [4.78, 5) is 19.2. The lowest BCUT2D eigenvalue weighted by Gasteiger charge is -2.29. The van der Waals surface area contributed by atoms with E-state index in [-0.39, 0.29) is 17.3 Å². The van der Waals surface area contributed by atoms with Gasteiger partial charge in [-0.15, -0.1) is 0 Å². The van der Waals surface area contributed by atoms with E-state index in [0.717, 1.165) is 80.7 Å². The molecule has 0 amide bonds. The molecule has 8 nitrogen and oxygen atoms in total. The van der Waals surface area contributed by atoms with Gasteiger partial charge in [0.15, 0.2) is 11.6 Å². The zero-order valence-electron chi connectivity index (χ0n) is 25.2. The third-order valence-electron chi connectivity index (χ3n) is 8.70. The fourth-order valence-corrected chi connectivity index (χ4v) is 5.84. The fraction of sp³-hybridized carbons (Fsp3) is 0.625. The molecule has 1 saturated heterocycles. The van der Waals surface area contributed by atoms with Crippen molar-refractivity contribution in [1.29, 1.82) is 0 Å². The molecule has 2 aliphatic heterocycles. The number of fused-ring (bicyclic) bond motifs is 1. The predicted molar refractivity (Wildman–Crippen MR) is 158 cm³/mol. The lowest BCUT2D eigenvalue weighted by molar-refractivity contribution is -0.143. The Morgan fingerprint density at radius 3 is 2.73 bits per heavy atom. The van der Waals surface area contributed by atoms with Gasteiger partial charge in [-0.05, 0) is 68.1 Å². The summed E-state index contributed by atoms with van der Waals surface area (Å²) in [5.41, 5.74) is 3.06. The Hall–Kier alpha value is -2.91. The van der Waals surface area contributed by atoms with E-state index in [9.17, 15) is 9.90 Å². The second kappa shape index (κ2) is 13.8. The Bertz CT molecular complexity index is 1190. The van der Waals surface area contributed by atoms with Crippen molar-refractivity contribution >= 4 is 11.8 Å². The summed E-state index contributed by atoms with van der Waals surface area (Å²) in [7, 11) is 3.10. The van der Waals surface area contributed by atoms with Crippen molar-refractivity contribution in [3.63, 3.8) is 0 Å². The second-order valence-corrected chi connectivity index (χ2v) is 11.8. The third kappa shape index (κ3) is 7.30. The predicted octanol–water partition coefficient (Wildman–Crippen LogP) is 5.91. The van der Waals surface area contributed by atoms with E-state index >= 15 is 4.39 Å². The van der Waals surface area contributed by atoms with E-state index in [4.69, 9.17) is 19.2 Å². The number of likely N-dealkylation sites (tertiary alicyclic amines) is 1. The van der Waals surface area contributed by atoms with Crippen LogP contribution in [0.1, 0.15) is 87.7 Å². The number of aromatic nitrogens is 1. The van der Waals surface area contributed by atoms with Crippen molar-refractivity contribution in [1.82, 2.24) is 9.88 Å². The molecule has 226 valence electrons. The van der Waals surface area contributed by atoms with Crippen molar-refractivity contribution in [3.8, 4) is 11.5 Å². The van der Waals surface area contributed by atoms with Crippen LogP contribution in [-0.4, -0.2) is 67.5 Å². The topological polar surface area (TPSA) is 93.2 Å². The summed E-state index contributed by atoms with van der Waals surface area (Å²) in [6.07, 6.45) is 7.39. The smallest absolute Gasteiger partial charge is 0.325 e. The van der Waals surface area contributed by atoms with Crippen LogP contribution in [0, 0.1) is 5.82 Å². The molecule has 2 aromatic rings. The van der Waals surface area contributed by atoms with E-state index in [0.29, 0.717) is 25.3 Å². The number of hydrogen-bond donors (Lipinski definition) is 2. The molecule has 4 rings (SSSR count). The number of methoxy groups -OCH3 is 2. The number of nitrogens with zero attached hydrogens (tertiary/aromatic N) is 2. The van der Waals surface area contributed by atoms with Gasteiger partial charge in [-0.3, -0.25) is 9.69 Å². The number of aryl methyl sites for hydroxylation is 1. The molecule has 0 radical (unpaired) electrons. The molecule has 0 unspecified atom stereocenters. The van der Waals surface area contributed by atoms with Crippen molar-refractivity contribution in [2.75, 3.05) is 45.8 Å². The molecule has 0 spiro atoms. The zero-order valence-corrected chi connectivity index (χ0v) is 25.2. The number of carboxylic acid groups (broad SMARTS) is 1. The van der Waals surface area contributed by atoms with Gasteiger partial charge in [0, 0.05) is 49.1 Å². The molecule has 0 saturated carbocycles. The van der Waals surface area contributed by atoms with Crippen molar-refractivity contribution < 1.29 is 28.5 Å². The van der Waals surface area contributed by atoms with Crippen LogP contribution in [0.5, 0.6) is 11.5 Å². The van der Waals surface area contributed by atoms with Crippen molar-refractivity contribution in [3.05, 3.63) is 46.4 Å². The molecular formula is C32H46FN3O5. The molecule has 2 N–H and O–H groups in total. The molecule has 3 heterocycles. The number of rotatable bonds is 14. The van der Waals surface area contributed by atoms with Crippen LogP contribution in [0.15, 0.2) is 18.2 Å². The molecule has 1 fully saturated rings. The van der Waals surface area contributed by atoms with Crippen LogP contribution in [0.3, 0.4) is 0 Å². The standard InChI is InChI=1S/C32H46FN3O5/c1-6-32(2,3)21-17-25(29(40-5)26(33)18-21)28(31(37)38)36-15-13-23(20-36)41-16-9-7-8-11-22-19-27(39-4)24-12-10-14-34-30(24)35-22/h17-19,23,28H,6-16,20H2,1-5H3,(H,34,35)(H,37,38)/t23-,28+/m1/s1. The minimum absolute atomic E-state index is 0.000705. The largest absolute Gasteiger partial charge is 0.496 e. The van der Waals surface area contributed by atoms with Gasteiger partial charge >= 0.3 is 5.97 Å². The number of anilines is 1. The number of ether oxygens (including phenoxy) is 3. The molecule has 41 heavy (non-hydrogen) atoms. The number of unbranched alkanes of at least 4 members (excludes halogenated alkanes) is 2. The molecular weight excluding hydrogens is 525 g/mol. The highest BCUT2D eigenvalue weighted by Gasteiger charge is 2.37. The summed E-state index contributed by atoms with van der Waals surface area (Å²) in [6.45, 7) is 8.72. The van der Waals surface area contributed by atoms with Gasteiger partial charge in [-0.2, -0.15) is 0 Å². The Labute approximate surface area is 243 Å². The Balaban J connectivity index is 1.30. The SMILES string of the molecule is CCC(C)(C)c1cc(F)c(OC)c([C@@H](C(=O)O)N2CC[C@@H](OCCCCCc3cc(OC)c4c(n3)NCCC4)C2)c1. The second-order valence-electron chi connectivity index (χ2n) is 11.8. The van der Waals surface area contributed by atoms with Gasteiger partial charge in [0.2, 0.25) is 0 Å². The molecule has 1 aromatic heterocycles. The van der Waals surface area contributed by atoms with Gasteiger partial charge in [-0.1, -0.05) is 27.2 Å². The number of pyridine rings is 1. The molecule has 1 aromatic carbocycles. The van der Waals surface area contributed by atoms with E-state index in [1.165, 1.54) is 18.7 Å². The van der Waals surface area contributed by atoms with Crippen LogP contribution >= 0.6 is 0 Å². The van der Waals surface area contributed by atoms with Gasteiger partial charge in [0.1, 0.15) is 17.6 Å². The lowest BCUT2D eigenvalue weighted by atomic mass is 9.80. The molecule has 2 atom stereocenters. The molecule has 9 heteroatoms. The Morgan fingerprint density at radius 1 is 1.22 bits per heavy atom. The van der Waals surface area contributed by atoms with Gasteiger partial charge in [0.25, 0.3) is 0 Å². The summed E-state index contributed by atoms with van der Waals surface area (Å²) in [5, 5.41) is 13.6. The summed E-state index contributed by atoms with van der Waals surface area (Å²) in [5.74, 6) is 0.337. The van der Waals surface area contributed by atoms with Crippen LogP contribution in [-0.2, 0) is 27.8 Å². The van der Waals surface area contributed by atoms with Gasteiger partial charge < -0.3 is 24.6 Å². The van der Waals surface area contributed by atoms with E-state index in [2.05, 4.69) is 11.4 Å². The first-order chi connectivity index (χ1) is 19.7. The summed E-state index contributed by atoms with van der Waals surface area (Å²) >= 11 is 0. The van der Waals surface area contributed by atoms with Gasteiger partial charge in [-0.25, -0.2) is 9.37 Å². The minimum Gasteiger partial charge on any atom is -0.496 e. The molecule has 2 aliphatic rings. The first-order valence-electron chi connectivity index (χ1n) is 15.0. The Morgan fingerprint density at radius 2 is 2.02 bits per heavy atom.